The Morgan fingerprint density at radius 3 is 2.31 bits per heavy atom. The third kappa shape index (κ3) is 3.88. The molecule has 1 fully saturated rings. The first-order valence-electron chi connectivity index (χ1n) is 10.0. The van der Waals surface area contributed by atoms with Gasteiger partial charge in [0.25, 0.3) is 5.92 Å². The van der Waals surface area contributed by atoms with Crippen molar-refractivity contribution in [2.45, 2.75) is 43.1 Å². The molecule has 0 aromatic heterocycles. The molecule has 0 amide bonds. The highest BCUT2D eigenvalue weighted by atomic mass is 35.5. The van der Waals surface area contributed by atoms with Crippen LogP contribution in [0.3, 0.4) is 0 Å². The average molecular weight is 472 g/mol. The molecule has 7 nitrogen and oxygen atoms in total. The number of aliphatic hydroxyl groups is 4. The fourth-order valence-corrected chi connectivity index (χ4v) is 4.34. The van der Waals surface area contributed by atoms with Crippen LogP contribution in [0.4, 0.5) is 8.78 Å². The Bertz CT molecular complexity index is 960. The van der Waals surface area contributed by atoms with Gasteiger partial charge in [-0.25, -0.2) is 8.78 Å². The van der Waals surface area contributed by atoms with Crippen LogP contribution < -0.4 is 4.74 Å². The molecule has 32 heavy (non-hydrogen) atoms. The zero-order chi connectivity index (χ0) is 23.7. The number of nitrogens with zero attached hydrogens (tertiary/aromatic N) is 1. The van der Waals surface area contributed by atoms with Gasteiger partial charge in [0.2, 0.25) is 5.54 Å². The fourth-order valence-electron chi connectivity index (χ4n) is 4.16. The molecule has 1 aliphatic carbocycles. The fraction of sp³-hybridized carbons (Fsp3) is 0.455. The number of rotatable bonds is 7. The molecule has 1 saturated carbocycles. The van der Waals surface area contributed by atoms with Crippen molar-refractivity contribution in [3.05, 3.63) is 69.1 Å². The van der Waals surface area contributed by atoms with Gasteiger partial charge in [-0.3, -0.25) is 0 Å². The van der Waals surface area contributed by atoms with Crippen LogP contribution >= 0.6 is 11.6 Å². The van der Waals surface area contributed by atoms with Crippen LogP contribution in [0.2, 0.25) is 5.02 Å². The van der Waals surface area contributed by atoms with E-state index in [1.54, 1.807) is 24.3 Å². The van der Waals surface area contributed by atoms with Crippen LogP contribution in [-0.2, 0) is 12.0 Å². The Kier molecular flexibility index (Phi) is 7.16. The normalized spacial score (nSPS) is 29.5. The minimum atomic E-state index is -4.17. The number of benzene rings is 2. The van der Waals surface area contributed by atoms with Gasteiger partial charge in [-0.15, -0.1) is 4.91 Å². The minimum absolute atomic E-state index is 0.213. The smallest absolute Gasteiger partial charge is 0.290 e. The summed E-state index contributed by atoms with van der Waals surface area (Å²) < 4.78 is 36.2. The molecule has 1 aliphatic rings. The maximum atomic E-state index is 15.4. The first-order chi connectivity index (χ1) is 15.1. The number of hydrogen-bond donors (Lipinski definition) is 4. The summed E-state index contributed by atoms with van der Waals surface area (Å²) in [7, 11) is 0. The summed E-state index contributed by atoms with van der Waals surface area (Å²) in [6, 6.07) is 10.7. The van der Waals surface area contributed by atoms with E-state index in [4.69, 9.17) is 16.3 Å². The second-order valence-corrected chi connectivity index (χ2v) is 8.16. The van der Waals surface area contributed by atoms with Gasteiger partial charge in [0.1, 0.15) is 18.0 Å². The van der Waals surface area contributed by atoms with Gasteiger partial charge < -0.3 is 25.2 Å². The molecule has 0 aliphatic heterocycles. The van der Waals surface area contributed by atoms with Crippen molar-refractivity contribution in [2.75, 3.05) is 13.2 Å². The van der Waals surface area contributed by atoms with Gasteiger partial charge in [0.05, 0.1) is 25.2 Å². The maximum absolute atomic E-state index is 15.4. The van der Waals surface area contributed by atoms with E-state index >= 15 is 8.78 Å². The molecule has 0 bridgehead atoms. The third-order valence-electron chi connectivity index (χ3n) is 5.94. The third-order valence-corrected chi connectivity index (χ3v) is 6.31. The van der Waals surface area contributed by atoms with E-state index in [-0.39, 0.29) is 17.0 Å². The van der Waals surface area contributed by atoms with Crippen molar-refractivity contribution in [1.29, 1.82) is 0 Å². The lowest BCUT2D eigenvalue weighted by Gasteiger charge is -2.49. The number of alkyl halides is 2. The van der Waals surface area contributed by atoms with Crippen LogP contribution in [0.5, 0.6) is 5.75 Å². The van der Waals surface area contributed by atoms with Gasteiger partial charge in [-0.2, -0.15) is 0 Å². The Balaban J connectivity index is 2.06. The molecule has 2 aromatic carbocycles. The van der Waals surface area contributed by atoms with E-state index in [1.807, 2.05) is 6.92 Å². The van der Waals surface area contributed by atoms with Crippen LogP contribution in [0.15, 0.2) is 47.6 Å². The standard InChI is InChI=1S/C22H24ClF2NO6/c1-2-32-15-6-3-12(4-7-15)9-13-10-14(5-8-17(13)23)21(26-31)20(30)19(29)18(28)16(11-27)22(21,24)25/h3-8,10,16,18-20,27-30H,2,9,11H2,1H3/t16-,18-,19+,20-,21-/m1/s1. The second kappa shape index (κ2) is 9.36. The predicted molar refractivity (Wildman–Crippen MR) is 113 cm³/mol. The average Bonchev–Trinajstić information content (AvgIpc) is 2.76. The molecule has 2 aromatic rings. The zero-order valence-corrected chi connectivity index (χ0v) is 17.9. The first kappa shape index (κ1) is 24.5. The van der Waals surface area contributed by atoms with Gasteiger partial charge in [0.15, 0.2) is 0 Å². The van der Waals surface area contributed by atoms with E-state index in [0.29, 0.717) is 17.9 Å². The largest absolute Gasteiger partial charge is 0.494 e. The summed E-state index contributed by atoms with van der Waals surface area (Å²) in [6.07, 6.45) is -6.50. The summed E-state index contributed by atoms with van der Waals surface area (Å²) in [5, 5.41) is 42.8. The van der Waals surface area contributed by atoms with Crippen molar-refractivity contribution in [2.24, 2.45) is 11.1 Å². The van der Waals surface area contributed by atoms with Crippen molar-refractivity contribution in [1.82, 2.24) is 0 Å². The van der Waals surface area contributed by atoms with Gasteiger partial charge in [0, 0.05) is 5.02 Å². The molecule has 174 valence electrons. The molecule has 3 rings (SSSR count). The van der Waals surface area contributed by atoms with Crippen molar-refractivity contribution < 1.29 is 33.9 Å². The first-order valence-corrected chi connectivity index (χ1v) is 10.4. The second-order valence-electron chi connectivity index (χ2n) is 7.76. The molecular weight excluding hydrogens is 448 g/mol. The number of aliphatic hydroxyl groups excluding tert-OH is 4. The van der Waals surface area contributed by atoms with Crippen LogP contribution in [-0.4, -0.2) is 57.9 Å². The lowest BCUT2D eigenvalue weighted by atomic mass is 9.65. The highest BCUT2D eigenvalue weighted by Gasteiger charge is 2.72. The number of ether oxygens (including phenoxy) is 1. The molecule has 4 N–H and O–H groups in total. The molecule has 5 atom stereocenters. The van der Waals surface area contributed by atoms with Gasteiger partial charge >= 0.3 is 0 Å². The lowest BCUT2D eigenvalue weighted by molar-refractivity contribution is -0.265. The van der Waals surface area contributed by atoms with E-state index in [2.05, 4.69) is 5.18 Å². The van der Waals surface area contributed by atoms with E-state index in [9.17, 15) is 25.3 Å². The summed E-state index contributed by atoms with van der Waals surface area (Å²) in [4.78, 5) is 11.9. The van der Waals surface area contributed by atoms with Crippen molar-refractivity contribution in [3.8, 4) is 5.75 Å². The number of halogens is 3. The zero-order valence-electron chi connectivity index (χ0n) is 17.2. The molecule has 0 radical (unpaired) electrons. The highest BCUT2D eigenvalue weighted by Crippen LogP contribution is 2.54. The van der Waals surface area contributed by atoms with Crippen LogP contribution in [0.1, 0.15) is 23.6 Å². The maximum Gasteiger partial charge on any atom is 0.290 e. The quantitative estimate of drug-likeness (QED) is 0.461. The highest BCUT2D eigenvalue weighted by molar-refractivity contribution is 6.31. The molecular formula is C22H24ClF2NO6. The topological polar surface area (TPSA) is 120 Å². The van der Waals surface area contributed by atoms with E-state index in [1.165, 1.54) is 12.1 Å². The van der Waals surface area contributed by atoms with Crippen molar-refractivity contribution in [3.63, 3.8) is 0 Å². The predicted octanol–water partition coefficient (Wildman–Crippen LogP) is 2.63. The molecule has 0 saturated heterocycles. The summed E-state index contributed by atoms with van der Waals surface area (Å²) in [5.41, 5.74) is -2.38. The number of hydrogen-bond acceptors (Lipinski definition) is 7. The van der Waals surface area contributed by atoms with Gasteiger partial charge in [-0.1, -0.05) is 35.9 Å². The molecule has 0 spiro atoms. The van der Waals surface area contributed by atoms with E-state index < -0.39 is 42.3 Å². The molecule has 0 unspecified atom stereocenters. The van der Waals surface area contributed by atoms with Gasteiger partial charge in [-0.05, 0) is 53.4 Å². The van der Waals surface area contributed by atoms with Crippen molar-refractivity contribution >= 4 is 11.6 Å². The summed E-state index contributed by atoms with van der Waals surface area (Å²) >= 11 is 6.26. The van der Waals surface area contributed by atoms with Crippen LogP contribution in [0.25, 0.3) is 0 Å². The Morgan fingerprint density at radius 2 is 1.75 bits per heavy atom. The Hall–Kier alpha value is -2.17. The summed E-state index contributed by atoms with van der Waals surface area (Å²) in [5.74, 6) is -5.73. The summed E-state index contributed by atoms with van der Waals surface area (Å²) in [6.45, 7) is 1.12. The minimum Gasteiger partial charge on any atom is -0.494 e. The Morgan fingerprint density at radius 1 is 1.09 bits per heavy atom. The molecule has 10 heteroatoms. The SMILES string of the molecule is CCOc1ccc(Cc2cc([C@@]3(N=O)[C@H](O)[C@@H](O)[C@H](O)[C@@H](CO)C3(F)F)ccc2Cl)cc1. The molecule has 0 heterocycles. The Labute approximate surface area is 188 Å². The monoisotopic (exact) mass is 471 g/mol. The number of nitroso groups, excluding NO2 is 1. The lowest BCUT2D eigenvalue weighted by Crippen LogP contribution is -2.70. The van der Waals surface area contributed by atoms with Crippen LogP contribution in [0, 0.1) is 10.8 Å². The van der Waals surface area contributed by atoms with E-state index in [0.717, 1.165) is 11.6 Å².